The van der Waals surface area contributed by atoms with Gasteiger partial charge in [0.25, 0.3) is 5.91 Å². The summed E-state index contributed by atoms with van der Waals surface area (Å²) in [5.41, 5.74) is 6.59. The fraction of sp³-hybridized carbons (Fsp3) is 0.600. The molecule has 5 aliphatic rings. The highest BCUT2D eigenvalue weighted by Gasteiger charge is 2.35. The van der Waals surface area contributed by atoms with Crippen LogP contribution < -0.4 is 4.90 Å². The number of aromatic nitrogens is 2. The summed E-state index contributed by atoms with van der Waals surface area (Å²) in [5.74, 6) is 2.39. The Bertz CT molecular complexity index is 1310. The maximum atomic E-state index is 14.2. The third kappa shape index (κ3) is 6.46. The summed E-state index contributed by atoms with van der Waals surface area (Å²) in [7, 11) is 1.77. The predicted octanol–water partition coefficient (Wildman–Crippen LogP) is 5.34. The van der Waals surface area contributed by atoms with Gasteiger partial charge in [-0.05, 0) is 79.6 Å². The van der Waals surface area contributed by atoms with Gasteiger partial charge in [0.2, 0.25) is 5.95 Å². The number of aliphatic imine (C=N–C) groups is 1. The normalized spacial score (nSPS) is 25.4. The molecule has 0 N–H and O–H groups in total. The molecule has 2 atom stereocenters. The van der Waals surface area contributed by atoms with E-state index in [0.717, 1.165) is 93.0 Å². The highest BCUT2D eigenvalue weighted by Crippen LogP contribution is 2.44. The molecule has 3 aliphatic carbocycles. The third-order valence-corrected chi connectivity index (χ3v) is 9.97. The molecule has 0 bridgehead atoms. The van der Waals surface area contributed by atoms with Crippen LogP contribution in [-0.2, 0) is 17.6 Å². The molecule has 3 heterocycles. The van der Waals surface area contributed by atoms with Crippen molar-refractivity contribution in [2.24, 2.45) is 16.8 Å². The smallest absolute Gasteiger partial charge is 0.255 e. The lowest BCUT2D eigenvalue weighted by atomic mass is 9.91. The first-order chi connectivity index (χ1) is 20.5. The molecule has 1 saturated heterocycles. The minimum absolute atomic E-state index is 0.0861. The summed E-state index contributed by atoms with van der Waals surface area (Å²) in [6.07, 6.45) is 23.0. The monoisotopic (exact) mass is 568 g/mol. The second-order valence-electron chi connectivity index (χ2n) is 12.8. The quantitative estimate of drug-likeness (QED) is 0.229. The third-order valence-electron chi connectivity index (χ3n) is 9.97. The van der Waals surface area contributed by atoms with Gasteiger partial charge < -0.3 is 9.80 Å². The lowest BCUT2D eigenvalue weighted by Gasteiger charge is -2.43. The molecule has 0 spiro atoms. The van der Waals surface area contributed by atoms with Crippen LogP contribution in [0.15, 0.2) is 57.8 Å². The van der Waals surface area contributed by atoms with E-state index in [1.807, 2.05) is 11.1 Å². The second kappa shape index (κ2) is 13.1. The Kier molecular flexibility index (Phi) is 9.03. The van der Waals surface area contributed by atoms with Crippen LogP contribution in [0.4, 0.5) is 5.95 Å². The zero-order valence-corrected chi connectivity index (χ0v) is 25.9. The molecule has 0 radical (unpaired) electrons. The van der Waals surface area contributed by atoms with Gasteiger partial charge >= 0.3 is 0 Å². The number of unbranched alkanes of at least 4 members (excludes halogenated alkanes) is 1. The molecule has 3 fully saturated rings. The second-order valence-corrected chi connectivity index (χ2v) is 12.8. The van der Waals surface area contributed by atoms with Gasteiger partial charge in [-0.2, -0.15) is 0 Å². The van der Waals surface area contributed by atoms with Crippen LogP contribution in [-0.4, -0.2) is 84.2 Å². The fourth-order valence-electron chi connectivity index (χ4n) is 6.94. The maximum Gasteiger partial charge on any atom is 0.255 e. The molecule has 7 heteroatoms. The van der Waals surface area contributed by atoms with Crippen molar-refractivity contribution in [3.05, 3.63) is 64.1 Å². The highest BCUT2D eigenvalue weighted by atomic mass is 16.2. The van der Waals surface area contributed by atoms with Crippen LogP contribution in [0.1, 0.15) is 70.1 Å². The molecular formula is C35H48N6O. The number of amides is 1. The van der Waals surface area contributed by atoms with E-state index in [4.69, 9.17) is 9.97 Å². The van der Waals surface area contributed by atoms with Crippen LogP contribution in [0.25, 0.3) is 0 Å². The molecular weight excluding hydrogens is 520 g/mol. The molecule has 2 aliphatic heterocycles. The van der Waals surface area contributed by atoms with Crippen molar-refractivity contribution in [3.63, 3.8) is 0 Å². The van der Waals surface area contributed by atoms with E-state index in [0.29, 0.717) is 19.0 Å². The van der Waals surface area contributed by atoms with E-state index in [1.54, 1.807) is 13.3 Å². The van der Waals surface area contributed by atoms with Crippen molar-refractivity contribution in [1.29, 1.82) is 0 Å². The first-order valence-electron chi connectivity index (χ1n) is 16.4. The van der Waals surface area contributed by atoms with Crippen molar-refractivity contribution in [2.45, 2.75) is 77.7 Å². The van der Waals surface area contributed by atoms with Gasteiger partial charge in [-0.25, -0.2) is 9.97 Å². The zero-order chi connectivity index (χ0) is 29.1. The van der Waals surface area contributed by atoms with Crippen molar-refractivity contribution < 1.29 is 4.79 Å². The number of piperazine rings is 1. The number of fused-ring (bicyclic) bond motifs is 2. The molecule has 6 rings (SSSR count). The van der Waals surface area contributed by atoms with Gasteiger partial charge in [0, 0.05) is 71.2 Å². The van der Waals surface area contributed by atoms with E-state index in [-0.39, 0.29) is 5.91 Å². The highest BCUT2D eigenvalue weighted by molar-refractivity contribution is 6.13. The van der Waals surface area contributed by atoms with E-state index in [9.17, 15) is 4.79 Å². The average molecular weight is 569 g/mol. The fourth-order valence-corrected chi connectivity index (χ4v) is 6.94. The maximum absolute atomic E-state index is 14.2. The average Bonchev–Trinajstić information content (AvgIpc) is 3.78. The van der Waals surface area contributed by atoms with Crippen LogP contribution >= 0.6 is 0 Å². The number of carbonyl (C=O) groups excluding carboxylic acids is 1. The Morgan fingerprint density at radius 2 is 1.90 bits per heavy atom. The number of rotatable bonds is 9. The van der Waals surface area contributed by atoms with Gasteiger partial charge in [0.1, 0.15) is 0 Å². The van der Waals surface area contributed by atoms with Gasteiger partial charge in [0.05, 0.1) is 11.3 Å². The Hall–Kier alpha value is -3.06. The first kappa shape index (κ1) is 29.0. The lowest BCUT2D eigenvalue weighted by Crippen LogP contribution is -2.52. The summed E-state index contributed by atoms with van der Waals surface area (Å²) >= 11 is 0. The van der Waals surface area contributed by atoms with Gasteiger partial charge in [-0.1, -0.05) is 44.1 Å². The van der Waals surface area contributed by atoms with E-state index in [1.165, 1.54) is 42.4 Å². The minimum Gasteiger partial charge on any atom is -0.338 e. The van der Waals surface area contributed by atoms with Gasteiger partial charge in [-0.15, -0.1) is 0 Å². The Labute approximate surface area is 252 Å². The molecule has 224 valence electrons. The number of hydrogen-bond acceptors (Lipinski definition) is 6. The largest absolute Gasteiger partial charge is 0.338 e. The molecule has 7 nitrogen and oxygen atoms in total. The van der Waals surface area contributed by atoms with Crippen molar-refractivity contribution >= 4 is 18.1 Å². The summed E-state index contributed by atoms with van der Waals surface area (Å²) in [4.78, 5) is 35.4. The van der Waals surface area contributed by atoms with Crippen molar-refractivity contribution in [3.8, 4) is 0 Å². The molecule has 1 amide bonds. The molecule has 2 saturated carbocycles. The minimum atomic E-state index is 0.0861. The summed E-state index contributed by atoms with van der Waals surface area (Å²) < 4.78 is 0. The van der Waals surface area contributed by atoms with Crippen molar-refractivity contribution in [2.75, 3.05) is 51.2 Å². The van der Waals surface area contributed by atoms with E-state index in [2.05, 4.69) is 52.9 Å². The Balaban J connectivity index is 1.17. The van der Waals surface area contributed by atoms with Gasteiger partial charge in [-0.3, -0.25) is 14.7 Å². The summed E-state index contributed by atoms with van der Waals surface area (Å²) in [6.45, 7) is 9.90. The molecule has 42 heavy (non-hydrogen) atoms. The number of carbonyl (C=O) groups is 1. The van der Waals surface area contributed by atoms with Crippen LogP contribution in [0.5, 0.6) is 0 Å². The van der Waals surface area contributed by atoms with E-state index < -0.39 is 0 Å². The number of anilines is 1. The molecule has 1 aromatic heterocycles. The standard InChI is InChI=1S/C35H48N6O/c1-4-5-9-31(25(2)20-26-10-11-27-22-29(27)21-26)32(24-36-3)34(42)40-14-12-28-23-37-35(38-33(28)13-15-40)41-18-16-39(17-19-41)30-7-6-8-30/h10-11,20-21,23-24,27,29-30H,4-9,12-19,22H2,1-3H3/b25-20-,32-31+,36-24?. The van der Waals surface area contributed by atoms with E-state index >= 15 is 0 Å². The van der Waals surface area contributed by atoms with Crippen LogP contribution in [0.3, 0.4) is 0 Å². The van der Waals surface area contributed by atoms with Crippen LogP contribution in [0.2, 0.25) is 0 Å². The Morgan fingerprint density at radius 1 is 1.10 bits per heavy atom. The molecule has 1 aromatic rings. The lowest BCUT2D eigenvalue weighted by molar-refractivity contribution is -0.126. The number of allylic oxidation sites excluding steroid dienone is 7. The summed E-state index contributed by atoms with van der Waals surface area (Å²) in [5, 5.41) is 0. The number of nitrogens with zero attached hydrogens (tertiary/aromatic N) is 6. The number of hydrogen-bond donors (Lipinski definition) is 0. The topological polar surface area (TPSA) is 64.9 Å². The zero-order valence-electron chi connectivity index (χ0n) is 25.9. The van der Waals surface area contributed by atoms with Crippen molar-refractivity contribution in [1.82, 2.24) is 19.8 Å². The summed E-state index contributed by atoms with van der Waals surface area (Å²) in [6, 6.07) is 0.800. The molecule has 2 unspecified atom stereocenters. The van der Waals surface area contributed by atoms with Gasteiger partial charge in [0.15, 0.2) is 0 Å². The van der Waals surface area contributed by atoms with Crippen LogP contribution in [0, 0.1) is 11.8 Å². The first-order valence-corrected chi connectivity index (χ1v) is 16.4. The predicted molar refractivity (Wildman–Crippen MR) is 171 cm³/mol. The SMILES string of the molecule is CCCCC(/C(C)=C\C1=CC2CC2C=C1)=C(/C=NC)C(=O)N1CCc2cnc(N3CCN(C4CCC4)CC3)nc2CC1. The Morgan fingerprint density at radius 3 is 2.62 bits per heavy atom. The molecule has 0 aromatic carbocycles.